The minimum Gasteiger partial charge on any atom is -0.311 e. The lowest BCUT2D eigenvalue weighted by molar-refractivity contribution is 0.660. The minimum absolute atomic E-state index is 0.180. The Balaban J connectivity index is 0.845. The van der Waals surface area contributed by atoms with E-state index in [1.807, 2.05) is 0 Å². The SMILES string of the molecule is CC1(C)c2ccccc2-c2ccc(-c3ccc(-c4ccc5c(c4)C(C)(C)c4ccccc4-5)c4nc(-c5ccc(-c6ccc(N(c7ccccc7)c7ccccc7)cc6)cc5)c(-c5ccc(-c6ccc(N(c7ccccc7)c7ccccc7)cc6)cc5)nc34)cc21. The van der Waals surface area contributed by atoms with Gasteiger partial charge in [0.2, 0.25) is 0 Å². The number of fused-ring (bicyclic) bond motifs is 7. The lowest BCUT2D eigenvalue weighted by Crippen LogP contribution is -2.15. The van der Waals surface area contributed by atoms with Gasteiger partial charge in [0.15, 0.2) is 0 Å². The Labute approximate surface area is 527 Å². The molecule has 2 aliphatic carbocycles. The third kappa shape index (κ3) is 9.30. The topological polar surface area (TPSA) is 32.3 Å². The number of aromatic nitrogens is 2. The second kappa shape index (κ2) is 21.9. The Morgan fingerprint density at radius 1 is 0.211 bits per heavy atom. The molecule has 0 fully saturated rings. The number of nitrogens with zero attached hydrogens (tertiary/aromatic N) is 4. The highest BCUT2D eigenvalue weighted by Crippen LogP contribution is 2.53. The monoisotopic (exact) mass is 1150 g/mol. The lowest BCUT2D eigenvalue weighted by Gasteiger charge is -2.25. The second-order valence-corrected chi connectivity index (χ2v) is 24.9. The standard InChI is InChI=1S/C86H64N4/c1-85(2)77-31-19-17-29-73(77)75-51-45-63(55-79(75)85)71-53-54-72(64-46-52-76-74-30-18-20-32-78(74)86(3,4)80(76)56-64)84-83(71)87-81(61-37-33-57(34-38-61)59-41-47-69(48-42-59)89(65-21-9-5-10-22-65)66-23-11-6-12-24-66)82(88-84)62-39-35-58(36-40-62)60-43-49-70(50-44-60)90(67-25-13-7-14-26-67)68-27-15-8-16-28-68/h5-56H,1-4H3. The van der Waals surface area contributed by atoms with Gasteiger partial charge in [-0.1, -0.05) is 258 Å². The number of benzene rings is 13. The molecule has 0 N–H and O–H groups in total. The molecule has 0 unspecified atom stereocenters. The molecule has 0 bridgehead atoms. The quantitative estimate of drug-likeness (QED) is 0.122. The van der Waals surface area contributed by atoms with Crippen LogP contribution in [0.15, 0.2) is 315 Å². The van der Waals surface area contributed by atoms with E-state index >= 15 is 0 Å². The molecule has 0 radical (unpaired) electrons. The number of para-hydroxylation sites is 4. The first-order valence-corrected chi connectivity index (χ1v) is 31.2. The Morgan fingerprint density at radius 2 is 0.456 bits per heavy atom. The number of hydrogen-bond donors (Lipinski definition) is 0. The van der Waals surface area contributed by atoms with Crippen LogP contribution in [0.3, 0.4) is 0 Å². The number of hydrogen-bond acceptors (Lipinski definition) is 4. The normalized spacial score (nSPS) is 13.1. The zero-order valence-electron chi connectivity index (χ0n) is 50.8. The molecule has 0 saturated carbocycles. The van der Waals surface area contributed by atoms with Crippen LogP contribution < -0.4 is 9.80 Å². The molecule has 1 aromatic heterocycles. The summed E-state index contributed by atoms with van der Waals surface area (Å²) in [5.41, 5.74) is 30.9. The Morgan fingerprint density at radius 3 is 0.789 bits per heavy atom. The molecule has 2 aliphatic rings. The van der Waals surface area contributed by atoms with Crippen molar-refractivity contribution in [1.82, 2.24) is 9.97 Å². The van der Waals surface area contributed by atoms with E-state index in [9.17, 15) is 0 Å². The Bertz CT molecular complexity index is 4600. The highest BCUT2D eigenvalue weighted by Gasteiger charge is 2.37. The van der Waals surface area contributed by atoms with Gasteiger partial charge in [0, 0.05) is 67.2 Å². The molecule has 0 atom stereocenters. The average molecular weight is 1150 g/mol. The van der Waals surface area contributed by atoms with Crippen LogP contribution >= 0.6 is 0 Å². The molecule has 428 valence electrons. The fourth-order valence-corrected chi connectivity index (χ4v) is 14.2. The summed E-state index contributed by atoms with van der Waals surface area (Å²) in [6.07, 6.45) is 0. The third-order valence-corrected chi connectivity index (χ3v) is 18.9. The van der Waals surface area contributed by atoms with E-state index in [1.54, 1.807) is 0 Å². The molecule has 0 aliphatic heterocycles. The van der Waals surface area contributed by atoms with Crippen molar-refractivity contribution in [3.05, 3.63) is 338 Å². The predicted octanol–water partition coefficient (Wildman–Crippen LogP) is 23.2. The first-order chi connectivity index (χ1) is 44.1. The van der Waals surface area contributed by atoms with E-state index in [-0.39, 0.29) is 10.8 Å². The van der Waals surface area contributed by atoms with Crippen molar-refractivity contribution in [1.29, 1.82) is 0 Å². The maximum atomic E-state index is 5.96. The van der Waals surface area contributed by atoms with Crippen LogP contribution in [0.1, 0.15) is 49.9 Å². The van der Waals surface area contributed by atoms with Crippen LogP contribution in [-0.4, -0.2) is 9.97 Å². The fraction of sp³-hybridized carbons (Fsp3) is 0.0698. The van der Waals surface area contributed by atoms with Gasteiger partial charge in [-0.3, -0.25) is 0 Å². The molecule has 13 aromatic carbocycles. The van der Waals surface area contributed by atoms with E-state index in [2.05, 4.69) is 353 Å². The van der Waals surface area contributed by atoms with Crippen molar-refractivity contribution in [3.63, 3.8) is 0 Å². The van der Waals surface area contributed by atoms with Crippen LogP contribution in [0.25, 0.3) is 100 Å². The molecule has 14 aromatic rings. The summed E-state index contributed by atoms with van der Waals surface area (Å²) in [4.78, 5) is 16.5. The van der Waals surface area contributed by atoms with Gasteiger partial charge in [0.1, 0.15) is 0 Å². The zero-order valence-corrected chi connectivity index (χ0v) is 50.8. The van der Waals surface area contributed by atoms with Crippen molar-refractivity contribution in [3.8, 4) is 89.3 Å². The van der Waals surface area contributed by atoms with Crippen LogP contribution in [0, 0.1) is 0 Å². The van der Waals surface area contributed by atoms with Crippen molar-refractivity contribution in [2.45, 2.75) is 38.5 Å². The second-order valence-electron chi connectivity index (χ2n) is 24.9. The van der Waals surface area contributed by atoms with E-state index in [4.69, 9.17) is 9.97 Å². The van der Waals surface area contributed by atoms with Gasteiger partial charge in [-0.15, -0.1) is 0 Å². The first kappa shape index (κ1) is 54.2. The maximum absolute atomic E-state index is 5.96. The van der Waals surface area contributed by atoms with Gasteiger partial charge in [0.25, 0.3) is 0 Å². The predicted molar refractivity (Wildman–Crippen MR) is 377 cm³/mol. The van der Waals surface area contributed by atoms with E-state index < -0.39 is 0 Å². The summed E-state index contributed by atoms with van der Waals surface area (Å²) >= 11 is 0. The number of rotatable bonds is 12. The highest BCUT2D eigenvalue weighted by molar-refractivity contribution is 6.04. The van der Waals surface area contributed by atoms with Gasteiger partial charge >= 0.3 is 0 Å². The largest absolute Gasteiger partial charge is 0.311 e. The zero-order chi connectivity index (χ0) is 60.5. The van der Waals surface area contributed by atoms with E-state index in [0.717, 1.165) is 112 Å². The van der Waals surface area contributed by atoms with Crippen molar-refractivity contribution >= 4 is 45.2 Å². The fourth-order valence-electron chi connectivity index (χ4n) is 14.2. The van der Waals surface area contributed by atoms with Gasteiger partial charge in [-0.2, -0.15) is 0 Å². The molecule has 90 heavy (non-hydrogen) atoms. The van der Waals surface area contributed by atoms with Crippen molar-refractivity contribution < 1.29 is 0 Å². The first-order valence-electron chi connectivity index (χ1n) is 31.2. The Kier molecular flexibility index (Phi) is 13.2. The van der Waals surface area contributed by atoms with Gasteiger partial charge in [0.05, 0.1) is 22.4 Å². The summed E-state index contributed by atoms with van der Waals surface area (Å²) in [7, 11) is 0. The van der Waals surface area contributed by atoms with Crippen LogP contribution in [-0.2, 0) is 10.8 Å². The summed E-state index contributed by atoms with van der Waals surface area (Å²) in [6, 6.07) is 114. The Hall–Kier alpha value is -11.2. The summed E-state index contributed by atoms with van der Waals surface area (Å²) in [5, 5.41) is 0. The lowest BCUT2D eigenvalue weighted by atomic mass is 9.81. The minimum atomic E-state index is -0.180. The summed E-state index contributed by atoms with van der Waals surface area (Å²) in [5.74, 6) is 0. The van der Waals surface area contributed by atoms with Gasteiger partial charge in [-0.05, 0) is 163 Å². The third-order valence-electron chi connectivity index (χ3n) is 18.9. The van der Waals surface area contributed by atoms with Crippen molar-refractivity contribution in [2.75, 3.05) is 9.80 Å². The van der Waals surface area contributed by atoms with Gasteiger partial charge < -0.3 is 9.80 Å². The molecular weight excluding hydrogens is 1090 g/mol. The van der Waals surface area contributed by atoms with Crippen LogP contribution in [0.5, 0.6) is 0 Å². The summed E-state index contributed by atoms with van der Waals surface area (Å²) < 4.78 is 0. The highest BCUT2D eigenvalue weighted by atomic mass is 15.1. The van der Waals surface area contributed by atoms with E-state index in [0.29, 0.717) is 0 Å². The molecule has 16 rings (SSSR count). The molecule has 0 saturated heterocycles. The molecule has 0 spiro atoms. The molecule has 4 heteroatoms. The van der Waals surface area contributed by atoms with Crippen molar-refractivity contribution in [2.24, 2.45) is 0 Å². The average Bonchev–Trinajstić information content (AvgIpc) is 1.62. The molecule has 0 amide bonds. The van der Waals surface area contributed by atoms with E-state index in [1.165, 1.54) is 44.5 Å². The molecule has 1 heterocycles. The van der Waals surface area contributed by atoms with Crippen LogP contribution in [0.2, 0.25) is 0 Å². The van der Waals surface area contributed by atoms with Crippen LogP contribution in [0.4, 0.5) is 34.1 Å². The molecule has 4 nitrogen and oxygen atoms in total. The smallest absolute Gasteiger partial charge is 0.0979 e. The molecular formula is C86H64N4. The number of anilines is 6. The van der Waals surface area contributed by atoms with Gasteiger partial charge in [-0.25, -0.2) is 9.97 Å². The maximum Gasteiger partial charge on any atom is 0.0979 e. The summed E-state index contributed by atoms with van der Waals surface area (Å²) in [6.45, 7) is 9.42.